The predicted molar refractivity (Wildman–Crippen MR) is 86.0 cm³/mol. The number of aromatic amines is 1. The van der Waals surface area contributed by atoms with E-state index in [1.54, 1.807) is 11.8 Å². The smallest absolute Gasteiger partial charge is 0.213 e. The van der Waals surface area contributed by atoms with Gasteiger partial charge in [0.1, 0.15) is 5.82 Å². The van der Waals surface area contributed by atoms with Crippen LogP contribution in [0.2, 0.25) is 0 Å². The Bertz CT molecular complexity index is 589. The van der Waals surface area contributed by atoms with Crippen molar-refractivity contribution in [2.45, 2.75) is 49.8 Å². The third-order valence-corrected chi connectivity index (χ3v) is 4.09. The lowest BCUT2D eigenvalue weighted by atomic mass is 10.1. The van der Waals surface area contributed by atoms with Gasteiger partial charge in [-0.2, -0.15) is 0 Å². The third kappa shape index (κ3) is 4.61. The molecule has 0 aliphatic rings. The fourth-order valence-electron chi connectivity index (χ4n) is 1.61. The van der Waals surface area contributed by atoms with E-state index in [2.05, 4.69) is 69.3 Å². The van der Waals surface area contributed by atoms with Gasteiger partial charge in [-0.3, -0.25) is 5.10 Å². The van der Waals surface area contributed by atoms with Crippen LogP contribution in [0.25, 0.3) is 0 Å². The molecule has 108 valence electrons. The Hall–Kier alpha value is -0.850. The number of aryl methyl sites for hydroxylation is 1. The second-order valence-corrected chi connectivity index (χ2v) is 7.59. The van der Waals surface area contributed by atoms with Crippen molar-refractivity contribution in [1.29, 1.82) is 0 Å². The molecule has 2 rings (SSSR count). The topological polar surface area (TPSA) is 53.6 Å². The number of rotatable bonds is 4. The molecule has 0 radical (unpaired) electrons. The first-order chi connectivity index (χ1) is 9.33. The molecule has 0 saturated carbocycles. The highest BCUT2D eigenvalue weighted by Crippen LogP contribution is 2.30. The molecule has 0 unspecified atom stereocenters. The molecular weight excluding hydrogens is 336 g/mol. The van der Waals surface area contributed by atoms with Crippen molar-refractivity contribution in [2.24, 2.45) is 0 Å². The van der Waals surface area contributed by atoms with Crippen LogP contribution in [0, 0.1) is 6.92 Å². The Labute approximate surface area is 132 Å². The summed E-state index contributed by atoms with van der Waals surface area (Å²) in [5.74, 6) is 0.832. The van der Waals surface area contributed by atoms with E-state index in [4.69, 9.17) is 0 Å². The van der Waals surface area contributed by atoms with Crippen molar-refractivity contribution < 1.29 is 0 Å². The van der Waals surface area contributed by atoms with E-state index in [1.165, 1.54) is 10.5 Å². The summed E-state index contributed by atoms with van der Waals surface area (Å²) in [6, 6.07) is 6.28. The molecule has 0 amide bonds. The van der Waals surface area contributed by atoms with Crippen molar-refractivity contribution in [1.82, 2.24) is 20.5 Å². The number of hydrogen-bond donors (Lipinski definition) is 2. The normalized spacial score (nSPS) is 11.8. The second-order valence-electron chi connectivity index (χ2n) is 5.66. The van der Waals surface area contributed by atoms with Gasteiger partial charge in [0.2, 0.25) is 5.16 Å². The SMILES string of the molecule is Cc1nc(Sc2ccc(Br)cc2CNC(C)(C)C)n[nH]1. The van der Waals surface area contributed by atoms with Crippen molar-refractivity contribution in [3.05, 3.63) is 34.1 Å². The van der Waals surface area contributed by atoms with Crippen LogP contribution >= 0.6 is 27.7 Å². The van der Waals surface area contributed by atoms with E-state index in [1.807, 2.05) is 13.0 Å². The lowest BCUT2D eigenvalue weighted by Gasteiger charge is -2.21. The summed E-state index contributed by atoms with van der Waals surface area (Å²) in [7, 11) is 0. The summed E-state index contributed by atoms with van der Waals surface area (Å²) in [5.41, 5.74) is 1.33. The fraction of sp³-hybridized carbons (Fsp3) is 0.429. The molecule has 0 atom stereocenters. The second kappa shape index (κ2) is 6.28. The van der Waals surface area contributed by atoms with Gasteiger partial charge in [-0.05, 0) is 63.2 Å². The lowest BCUT2D eigenvalue weighted by Crippen LogP contribution is -2.35. The van der Waals surface area contributed by atoms with E-state index in [0.29, 0.717) is 0 Å². The van der Waals surface area contributed by atoms with Crippen LogP contribution in [-0.2, 0) is 6.54 Å². The molecule has 0 aliphatic carbocycles. The Morgan fingerprint density at radius 3 is 2.70 bits per heavy atom. The number of nitrogens with one attached hydrogen (secondary N) is 2. The average molecular weight is 355 g/mol. The summed E-state index contributed by atoms with van der Waals surface area (Å²) in [6.45, 7) is 9.21. The molecule has 0 fully saturated rings. The minimum Gasteiger partial charge on any atom is -0.308 e. The molecular formula is C14H19BrN4S. The van der Waals surface area contributed by atoms with Crippen LogP contribution in [0.15, 0.2) is 32.7 Å². The van der Waals surface area contributed by atoms with Crippen LogP contribution in [0.5, 0.6) is 0 Å². The van der Waals surface area contributed by atoms with Crippen LogP contribution in [0.4, 0.5) is 0 Å². The van der Waals surface area contributed by atoms with E-state index in [-0.39, 0.29) is 5.54 Å². The molecule has 0 bridgehead atoms. The highest BCUT2D eigenvalue weighted by molar-refractivity contribution is 9.10. The number of halogens is 1. The van der Waals surface area contributed by atoms with Gasteiger partial charge < -0.3 is 5.32 Å². The van der Waals surface area contributed by atoms with Gasteiger partial charge in [0.15, 0.2) is 0 Å². The molecule has 2 N–H and O–H groups in total. The Balaban J connectivity index is 2.19. The first-order valence-corrected chi connectivity index (χ1v) is 8.05. The van der Waals surface area contributed by atoms with E-state index < -0.39 is 0 Å². The molecule has 0 spiro atoms. The molecule has 0 saturated heterocycles. The van der Waals surface area contributed by atoms with Crippen LogP contribution in [0.1, 0.15) is 32.2 Å². The zero-order chi connectivity index (χ0) is 14.8. The number of nitrogens with zero attached hydrogens (tertiary/aromatic N) is 2. The van der Waals surface area contributed by atoms with Crippen LogP contribution < -0.4 is 5.32 Å². The van der Waals surface area contributed by atoms with Gasteiger partial charge in [-0.25, -0.2) is 4.98 Å². The van der Waals surface area contributed by atoms with Crippen molar-refractivity contribution in [3.8, 4) is 0 Å². The summed E-state index contributed by atoms with van der Waals surface area (Å²) in [6.07, 6.45) is 0. The van der Waals surface area contributed by atoms with Crippen molar-refractivity contribution >= 4 is 27.7 Å². The van der Waals surface area contributed by atoms with Gasteiger partial charge in [0.25, 0.3) is 0 Å². The molecule has 4 nitrogen and oxygen atoms in total. The quantitative estimate of drug-likeness (QED) is 0.873. The van der Waals surface area contributed by atoms with Crippen molar-refractivity contribution in [3.63, 3.8) is 0 Å². The maximum absolute atomic E-state index is 4.34. The molecule has 6 heteroatoms. The van der Waals surface area contributed by atoms with Gasteiger partial charge in [0.05, 0.1) is 0 Å². The van der Waals surface area contributed by atoms with Crippen molar-refractivity contribution in [2.75, 3.05) is 0 Å². The number of H-pyrrole nitrogens is 1. The Kier molecular flexibility index (Phi) is 4.88. The lowest BCUT2D eigenvalue weighted by molar-refractivity contribution is 0.422. The Morgan fingerprint density at radius 1 is 1.35 bits per heavy atom. The zero-order valence-corrected chi connectivity index (χ0v) is 14.5. The van der Waals surface area contributed by atoms with Gasteiger partial charge in [0, 0.05) is 21.5 Å². The van der Waals surface area contributed by atoms with Crippen LogP contribution in [-0.4, -0.2) is 20.7 Å². The van der Waals surface area contributed by atoms with E-state index in [0.717, 1.165) is 22.0 Å². The highest BCUT2D eigenvalue weighted by atomic mass is 79.9. The summed E-state index contributed by atoms with van der Waals surface area (Å²) >= 11 is 5.11. The fourth-order valence-corrected chi connectivity index (χ4v) is 2.89. The Morgan fingerprint density at radius 2 is 2.10 bits per heavy atom. The van der Waals surface area contributed by atoms with Crippen LogP contribution in [0.3, 0.4) is 0 Å². The largest absolute Gasteiger partial charge is 0.308 e. The molecule has 0 aliphatic heterocycles. The molecule has 20 heavy (non-hydrogen) atoms. The van der Waals surface area contributed by atoms with E-state index >= 15 is 0 Å². The average Bonchev–Trinajstić information content (AvgIpc) is 2.74. The monoisotopic (exact) mass is 354 g/mol. The highest BCUT2D eigenvalue weighted by Gasteiger charge is 2.12. The summed E-state index contributed by atoms with van der Waals surface area (Å²) < 4.78 is 1.08. The molecule has 1 aromatic carbocycles. The molecule has 1 heterocycles. The standard InChI is InChI=1S/C14H19BrN4S/c1-9-17-13(19-18-9)20-12-6-5-11(15)7-10(12)8-16-14(2,3)4/h5-7,16H,8H2,1-4H3,(H,17,18,19). The van der Waals surface area contributed by atoms with E-state index in [9.17, 15) is 0 Å². The summed E-state index contributed by atoms with van der Waals surface area (Å²) in [4.78, 5) is 5.51. The van der Waals surface area contributed by atoms with Gasteiger partial charge in [-0.1, -0.05) is 15.9 Å². The first kappa shape index (κ1) is 15.5. The minimum atomic E-state index is 0.0887. The third-order valence-electron chi connectivity index (χ3n) is 2.61. The molecule has 1 aromatic heterocycles. The summed E-state index contributed by atoms with van der Waals surface area (Å²) in [5, 5.41) is 11.3. The molecule has 2 aromatic rings. The first-order valence-electron chi connectivity index (χ1n) is 6.44. The van der Waals surface area contributed by atoms with Gasteiger partial charge in [-0.15, -0.1) is 5.10 Å². The number of benzene rings is 1. The number of hydrogen-bond acceptors (Lipinski definition) is 4. The predicted octanol–water partition coefficient (Wildman–Crippen LogP) is 3.91. The minimum absolute atomic E-state index is 0.0887. The van der Waals surface area contributed by atoms with Gasteiger partial charge >= 0.3 is 0 Å². The number of aromatic nitrogens is 3. The maximum atomic E-state index is 4.34. The zero-order valence-electron chi connectivity index (χ0n) is 12.1. The maximum Gasteiger partial charge on any atom is 0.213 e.